The third-order valence-electron chi connectivity index (χ3n) is 5.83. The number of hydrogen-bond acceptors (Lipinski definition) is 8. The zero-order valence-electron chi connectivity index (χ0n) is 18.8. The number of nitrogens with two attached hydrogens (primary N) is 1. The number of nitrogens with one attached hydrogen (secondary N) is 1. The van der Waals surface area contributed by atoms with Crippen molar-refractivity contribution in [2.45, 2.75) is 43.8 Å². The molecule has 2 saturated heterocycles. The van der Waals surface area contributed by atoms with Crippen LogP contribution >= 0.6 is 11.6 Å². The van der Waals surface area contributed by atoms with Gasteiger partial charge in [-0.2, -0.15) is 0 Å². The highest BCUT2D eigenvalue weighted by atomic mass is 35.5. The molecule has 6 unspecified atom stereocenters. The number of halogens is 1. The van der Waals surface area contributed by atoms with Gasteiger partial charge in [0.15, 0.2) is 6.29 Å². The van der Waals surface area contributed by atoms with Crippen molar-refractivity contribution < 1.29 is 33.3 Å². The maximum Gasteiger partial charge on any atom is 0.331 e. The number of esters is 1. The Bertz CT molecular complexity index is 1020. The number of amides is 1. The molecule has 6 atom stereocenters. The topological polar surface area (TPSA) is 118 Å². The van der Waals surface area contributed by atoms with Crippen LogP contribution in [0.4, 0.5) is 0 Å². The molecule has 1 amide bonds. The minimum Gasteiger partial charge on any atom is -0.467 e. The molecular formula is C24H27ClN2O7. The van der Waals surface area contributed by atoms with E-state index in [9.17, 15) is 9.59 Å². The summed E-state index contributed by atoms with van der Waals surface area (Å²) in [6, 6.07) is 13.5. The lowest BCUT2D eigenvalue weighted by Gasteiger charge is -2.48. The van der Waals surface area contributed by atoms with Crippen LogP contribution in [0, 0.1) is 6.92 Å². The van der Waals surface area contributed by atoms with E-state index in [2.05, 4.69) is 5.32 Å². The van der Waals surface area contributed by atoms with Gasteiger partial charge in [-0.15, -0.1) is 0 Å². The molecule has 2 aliphatic rings. The predicted octanol–water partition coefficient (Wildman–Crippen LogP) is 2.10. The lowest BCUT2D eigenvalue weighted by atomic mass is 9.94. The summed E-state index contributed by atoms with van der Waals surface area (Å²) in [5.74, 6) is -0.956. The van der Waals surface area contributed by atoms with Gasteiger partial charge in [-0.25, -0.2) is 4.79 Å². The van der Waals surface area contributed by atoms with Gasteiger partial charge in [0.05, 0.1) is 19.8 Å². The minimum atomic E-state index is -0.929. The summed E-state index contributed by atoms with van der Waals surface area (Å²) >= 11 is 6.08. The van der Waals surface area contributed by atoms with Crippen LogP contribution in [0.2, 0.25) is 5.02 Å². The Morgan fingerprint density at radius 3 is 2.65 bits per heavy atom. The third-order valence-corrected chi connectivity index (χ3v) is 6.26. The summed E-state index contributed by atoms with van der Waals surface area (Å²) in [6.07, 6.45) is -3.62. The summed E-state index contributed by atoms with van der Waals surface area (Å²) in [5.41, 5.74) is 8.26. The number of methoxy groups -OCH3 is 1. The quantitative estimate of drug-likeness (QED) is 0.591. The van der Waals surface area contributed by atoms with Gasteiger partial charge in [0.2, 0.25) is 0 Å². The Labute approximate surface area is 202 Å². The van der Waals surface area contributed by atoms with E-state index in [1.165, 1.54) is 7.11 Å². The molecule has 0 saturated carbocycles. The van der Waals surface area contributed by atoms with E-state index >= 15 is 0 Å². The predicted molar refractivity (Wildman–Crippen MR) is 122 cm³/mol. The van der Waals surface area contributed by atoms with E-state index in [0.717, 1.165) is 11.1 Å². The molecule has 0 spiro atoms. The Morgan fingerprint density at radius 2 is 1.94 bits per heavy atom. The zero-order chi connectivity index (χ0) is 24.2. The Balaban J connectivity index is 1.57. The maximum absolute atomic E-state index is 13.0. The van der Waals surface area contributed by atoms with Gasteiger partial charge in [-0.3, -0.25) is 4.79 Å². The van der Waals surface area contributed by atoms with Crippen molar-refractivity contribution >= 4 is 23.5 Å². The van der Waals surface area contributed by atoms with Gasteiger partial charge in [-0.1, -0.05) is 41.9 Å². The highest BCUT2D eigenvalue weighted by Gasteiger charge is 2.50. The fourth-order valence-electron chi connectivity index (χ4n) is 4.02. The standard InChI is InChI=1S/C24H27ClN2O7/c1-13-10-15(8-9-16(13)25)23(29)27-19-21(31-12-18(28)30-2)20-17(33-22(19)26)11-32-24(34-20)14-6-4-3-5-7-14/h3-10,17,19-22,24H,11-12,26H2,1-2H3,(H,27,29). The van der Waals surface area contributed by atoms with Crippen LogP contribution in [0.15, 0.2) is 48.5 Å². The van der Waals surface area contributed by atoms with Crippen molar-refractivity contribution in [1.29, 1.82) is 0 Å². The number of carbonyl (C=O) groups is 2. The van der Waals surface area contributed by atoms with Crippen molar-refractivity contribution in [3.05, 3.63) is 70.2 Å². The molecule has 0 radical (unpaired) electrons. The molecule has 0 bridgehead atoms. The van der Waals surface area contributed by atoms with Gasteiger partial charge in [0.25, 0.3) is 5.91 Å². The summed E-state index contributed by atoms with van der Waals surface area (Å²) in [4.78, 5) is 24.9. The van der Waals surface area contributed by atoms with E-state index in [1.807, 2.05) is 30.3 Å². The molecule has 2 aromatic carbocycles. The second-order valence-corrected chi connectivity index (χ2v) is 8.54. The minimum absolute atomic E-state index is 0.201. The Kier molecular flexibility index (Phi) is 7.82. The van der Waals surface area contributed by atoms with Crippen molar-refractivity contribution in [3.8, 4) is 0 Å². The lowest BCUT2D eigenvalue weighted by Crippen LogP contribution is -2.69. The van der Waals surface area contributed by atoms with Crippen molar-refractivity contribution in [2.24, 2.45) is 5.73 Å². The average Bonchev–Trinajstić information content (AvgIpc) is 2.85. The van der Waals surface area contributed by atoms with E-state index in [-0.39, 0.29) is 19.1 Å². The first-order valence-corrected chi connectivity index (χ1v) is 11.2. The lowest BCUT2D eigenvalue weighted by molar-refractivity contribution is -0.318. The van der Waals surface area contributed by atoms with Crippen molar-refractivity contribution in [3.63, 3.8) is 0 Å². The molecule has 9 nitrogen and oxygen atoms in total. The SMILES string of the molecule is COC(=O)COC1C(NC(=O)c2ccc(Cl)c(C)c2)C(N)OC2COC(c3ccccc3)OC21. The molecule has 2 heterocycles. The van der Waals surface area contributed by atoms with Gasteiger partial charge in [0, 0.05) is 16.1 Å². The molecule has 182 valence electrons. The van der Waals surface area contributed by atoms with Gasteiger partial charge >= 0.3 is 5.97 Å². The highest BCUT2D eigenvalue weighted by Crippen LogP contribution is 2.34. The number of hydrogen-bond donors (Lipinski definition) is 2. The maximum atomic E-state index is 13.0. The first kappa shape index (κ1) is 24.6. The van der Waals surface area contributed by atoms with E-state index in [1.54, 1.807) is 25.1 Å². The number of ether oxygens (including phenoxy) is 5. The van der Waals surface area contributed by atoms with E-state index in [0.29, 0.717) is 10.6 Å². The fourth-order valence-corrected chi connectivity index (χ4v) is 4.14. The molecule has 34 heavy (non-hydrogen) atoms. The first-order valence-electron chi connectivity index (χ1n) is 10.9. The average molecular weight is 491 g/mol. The molecule has 2 aromatic rings. The van der Waals surface area contributed by atoms with E-state index in [4.69, 9.17) is 41.0 Å². The van der Waals surface area contributed by atoms with Crippen LogP contribution in [0.1, 0.15) is 27.8 Å². The van der Waals surface area contributed by atoms with Gasteiger partial charge in [0.1, 0.15) is 31.1 Å². The van der Waals surface area contributed by atoms with Crippen LogP contribution in [0.25, 0.3) is 0 Å². The van der Waals surface area contributed by atoms with Gasteiger partial charge < -0.3 is 34.7 Å². The Hall–Kier alpha value is -2.53. The normalized spacial score (nSPS) is 28.6. The first-order chi connectivity index (χ1) is 16.4. The number of benzene rings is 2. The summed E-state index contributed by atoms with van der Waals surface area (Å²) < 4.78 is 28.6. The molecular weight excluding hydrogens is 464 g/mol. The number of rotatable bonds is 6. The second-order valence-electron chi connectivity index (χ2n) is 8.13. The number of fused-ring (bicyclic) bond motifs is 1. The number of aryl methyl sites for hydroxylation is 1. The molecule has 0 aliphatic carbocycles. The summed E-state index contributed by atoms with van der Waals surface area (Å²) in [7, 11) is 1.27. The third kappa shape index (κ3) is 5.41. The summed E-state index contributed by atoms with van der Waals surface area (Å²) in [6.45, 7) is 1.66. The molecule has 2 aliphatic heterocycles. The van der Waals surface area contributed by atoms with Gasteiger partial charge in [-0.05, 0) is 30.7 Å². The fraction of sp³-hybridized carbons (Fsp3) is 0.417. The molecule has 2 fully saturated rings. The van der Waals surface area contributed by atoms with Crippen LogP contribution in [-0.2, 0) is 28.5 Å². The highest BCUT2D eigenvalue weighted by molar-refractivity contribution is 6.31. The summed E-state index contributed by atoms with van der Waals surface area (Å²) in [5, 5.41) is 3.44. The molecule has 0 aromatic heterocycles. The molecule has 3 N–H and O–H groups in total. The second kappa shape index (κ2) is 10.8. The van der Waals surface area contributed by atoms with Crippen LogP contribution in [0.5, 0.6) is 0 Å². The molecule has 4 rings (SSSR count). The largest absolute Gasteiger partial charge is 0.467 e. The molecule has 10 heteroatoms. The smallest absolute Gasteiger partial charge is 0.331 e. The van der Waals surface area contributed by atoms with Crippen LogP contribution < -0.4 is 11.1 Å². The number of carbonyl (C=O) groups excluding carboxylic acids is 2. The van der Waals surface area contributed by atoms with Crippen molar-refractivity contribution in [1.82, 2.24) is 5.32 Å². The van der Waals surface area contributed by atoms with Crippen molar-refractivity contribution in [2.75, 3.05) is 20.3 Å². The van der Waals surface area contributed by atoms with Crippen LogP contribution in [-0.4, -0.2) is 62.8 Å². The zero-order valence-corrected chi connectivity index (χ0v) is 19.6. The van der Waals surface area contributed by atoms with Crippen LogP contribution in [0.3, 0.4) is 0 Å². The Morgan fingerprint density at radius 1 is 1.18 bits per heavy atom. The van der Waals surface area contributed by atoms with E-state index < -0.39 is 42.8 Å². The monoisotopic (exact) mass is 490 g/mol.